The number of hydrogen-bond donors (Lipinski definition) is 1. The van der Waals surface area contributed by atoms with E-state index in [-0.39, 0.29) is 24.8 Å². The third-order valence-corrected chi connectivity index (χ3v) is 4.02. The first-order valence-electron chi connectivity index (χ1n) is 7.23. The first-order valence-corrected chi connectivity index (χ1v) is 7.23. The number of hydrogen-bond acceptors (Lipinski definition) is 4. The zero-order chi connectivity index (χ0) is 12.8. The summed E-state index contributed by atoms with van der Waals surface area (Å²) in [5, 5.41) is 3.28. The van der Waals surface area contributed by atoms with E-state index >= 15 is 0 Å². The molecule has 0 bridgehead atoms. The summed E-state index contributed by atoms with van der Waals surface area (Å²) in [6.45, 7) is 12.5. The number of carbonyl (C=O) groups is 1. The lowest BCUT2D eigenvalue weighted by atomic mass is 10.2. The van der Waals surface area contributed by atoms with Crippen LogP contribution in [0.25, 0.3) is 0 Å². The summed E-state index contributed by atoms with van der Waals surface area (Å²) in [7, 11) is 0. The van der Waals surface area contributed by atoms with Gasteiger partial charge in [0.15, 0.2) is 0 Å². The van der Waals surface area contributed by atoms with Crippen LogP contribution in [0.15, 0.2) is 0 Å². The molecule has 2 aliphatic rings. The molecule has 2 aliphatic heterocycles. The van der Waals surface area contributed by atoms with Gasteiger partial charge in [0.2, 0.25) is 5.91 Å². The summed E-state index contributed by atoms with van der Waals surface area (Å²) in [6, 6.07) is 0. The minimum absolute atomic E-state index is 0. The van der Waals surface area contributed by atoms with Crippen molar-refractivity contribution in [2.24, 2.45) is 0 Å². The Labute approximate surface area is 134 Å². The molecule has 0 saturated carbocycles. The Kier molecular flexibility index (Phi) is 10.6. The molecule has 7 heteroatoms. The average Bonchev–Trinajstić information content (AvgIpc) is 2.46. The highest BCUT2D eigenvalue weighted by Gasteiger charge is 2.19. The van der Waals surface area contributed by atoms with Crippen molar-refractivity contribution in [3.63, 3.8) is 0 Å². The van der Waals surface area contributed by atoms with Gasteiger partial charge in [0, 0.05) is 65.3 Å². The predicted octanol–water partition coefficient (Wildman–Crippen LogP) is 0.289. The first-order chi connectivity index (χ1) is 8.79. The maximum Gasteiger partial charge on any atom is 0.223 e. The minimum Gasteiger partial charge on any atom is -0.340 e. The van der Waals surface area contributed by atoms with Crippen molar-refractivity contribution in [1.29, 1.82) is 0 Å². The maximum atomic E-state index is 12.0. The Balaban J connectivity index is 0.00000180. The van der Waals surface area contributed by atoms with Gasteiger partial charge in [-0.1, -0.05) is 6.92 Å². The molecule has 0 spiro atoms. The van der Waals surface area contributed by atoms with Crippen LogP contribution in [0.2, 0.25) is 0 Å². The highest BCUT2D eigenvalue weighted by atomic mass is 35.5. The molecule has 5 nitrogen and oxygen atoms in total. The Morgan fingerprint density at radius 2 is 1.50 bits per heavy atom. The van der Waals surface area contributed by atoms with Crippen molar-refractivity contribution in [3.8, 4) is 0 Å². The zero-order valence-electron chi connectivity index (χ0n) is 12.3. The summed E-state index contributed by atoms with van der Waals surface area (Å²) in [6.07, 6.45) is 0.687. The second kappa shape index (κ2) is 10.6. The number of carbonyl (C=O) groups excluding carboxylic acids is 1. The van der Waals surface area contributed by atoms with E-state index in [1.807, 2.05) is 4.90 Å². The van der Waals surface area contributed by atoms with Crippen LogP contribution >= 0.6 is 24.8 Å². The molecule has 2 heterocycles. The number of likely N-dealkylation sites (N-methyl/N-ethyl adjacent to an activating group) is 1. The summed E-state index contributed by atoms with van der Waals surface area (Å²) >= 11 is 0. The quantitative estimate of drug-likeness (QED) is 0.806. The van der Waals surface area contributed by atoms with Gasteiger partial charge in [-0.2, -0.15) is 0 Å². The van der Waals surface area contributed by atoms with Gasteiger partial charge in [-0.15, -0.1) is 24.8 Å². The van der Waals surface area contributed by atoms with E-state index < -0.39 is 0 Å². The summed E-state index contributed by atoms with van der Waals surface area (Å²) in [4.78, 5) is 18.9. The second-order valence-corrected chi connectivity index (χ2v) is 5.16. The predicted molar refractivity (Wildman–Crippen MR) is 87.1 cm³/mol. The van der Waals surface area contributed by atoms with Gasteiger partial charge in [-0.05, 0) is 6.54 Å². The van der Waals surface area contributed by atoms with Gasteiger partial charge >= 0.3 is 0 Å². The van der Waals surface area contributed by atoms with Crippen molar-refractivity contribution in [1.82, 2.24) is 20.0 Å². The van der Waals surface area contributed by atoms with E-state index in [2.05, 4.69) is 22.0 Å². The van der Waals surface area contributed by atoms with Crippen LogP contribution in [0.5, 0.6) is 0 Å². The molecule has 0 aliphatic carbocycles. The molecule has 2 saturated heterocycles. The molecule has 0 aromatic rings. The normalized spacial score (nSPS) is 20.9. The maximum absolute atomic E-state index is 12.0. The largest absolute Gasteiger partial charge is 0.340 e. The first kappa shape index (κ1) is 19.9. The minimum atomic E-state index is 0. The highest BCUT2D eigenvalue weighted by Crippen LogP contribution is 2.04. The molecule has 120 valence electrons. The molecule has 0 unspecified atom stereocenters. The van der Waals surface area contributed by atoms with E-state index in [0.717, 1.165) is 65.4 Å². The van der Waals surface area contributed by atoms with Crippen LogP contribution in [0, 0.1) is 0 Å². The molecule has 0 atom stereocenters. The number of nitrogens with zero attached hydrogens (tertiary/aromatic N) is 3. The van der Waals surface area contributed by atoms with Crippen molar-refractivity contribution >= 4 is 30.7 Å². The number of halogens is 2. The van der Waals surface area contributed by atoms with E-state index in [1.165, 1.54) is 0 Å². The van der Waals surface area contributed by atoms with Gasteiger partial charge in [-0.25, -0.2) is 0 Å². The van der Waals surface area contributed by atoms with Gasteiger partial charge < -0.3 is 20.0 Å². The van der Waals surface area contributed by atoms with Crippen molar-refractivity contribution in [2.45, 2.75) is 13.3 Å². The Hall–Kier alpha value is -0.0700. The highest BCUT2D eigenvalue weighted by molar-refractivity contribution is 5.85. The molecule has 2 fully saturated rings. The number of piperazine rings is 2. The van der Waals surface area contributed by atoms with E-state index in [0.29, 0.717) is 12.3 Å². The fourth-order valence-corrected chi connectivity index (χ4v) is 2.66. The van der Waals surface area contributed by atoms with Gasteiger partial charge in [0.25, 0.3) is 0 Å². The molecular formula is C13H28Cl2N4O. The van der Waals surface area contributed by atoms with Crippen molar-refractivity contribution in [3.05, 3.63) is 0 Å². The van der Waals surface area contributed by atoms with Crippen molar-refractivity contribution < 1.29 is 4.79 Å². The molecular weight excluding hydrogens is 299 g/mol. The summed E-state index contributed by atoms with van der Waals surface area (Å²) in [5.74, 6) is 0.328. The van der Waals surface area contributed by atoms with E-state index in [4.69, 9.17) is 0 Å². The number of rotatable bonds is 4. The van der Waals surface area contributed by atoms with Gasteiger partial charge in [0.05, 0.1) is 0 Å². The lowest BCUT2D eigenvalue weighted by molar-refractivity contribution is -0.132. The standard InChI is InChI=1S/C13H26N4O.2ClH/c1-2-15-9-11-16(12-10-15)6-3-13(18)17-7-4-14-5-8-17;;/h14H,2-12H2,1H3;2*1H. The third kappa shape index (κ3) is 6.14. The lowest BCUT2D eigenvalue weighted by Crippen LogP contribution is -2.49. The summed E-state index contributed by atoms with van der Waals surface area (Å²) < 4.78 is 0. The number of amides is 1. The van der Waals surface area contributed by atoms with Crippen LogP contribution < -0.4 is 5.32 Å². The molecule has 2 rings (SSSR count). The fourth-order valence-electron chi connectivity index (χ4n) is 2.66. The summed E-state index contributed by atoms with van der Waals surface area (Å²) in [5.41, 5.74) is 0. The lowest BCUT2D eigenvalue weighted by Gasteiger charge is -2.34. The number of nitrogens with one attached hydrogen (secondary N) is 1. The smallest absolute Gasteiger partial charge is 0.223 e. The van der Waals surface area contributed by atoms with Crippen LogP contribution in [0.1, 0.15) is 13.3 Å². The van der Waals surface area contributed by atoms with Crippen molar-refractivity contribution in [2.75, 3.05) is 65.4 Å². The molecule has 0 aromatic heterocycles. The van der Waals surface area contributed by atoms with Gasteiger partial charge in [0.1, 0.15) is 0 Å². The monoisotopic (exact) mass is 326 g/mol. The fraction of sp³-hybridized carbons (Fsp3) is 0.923. The Bertz CT molecular complexity index is 267. The molecule has 20 heavy (non-hydrogen) atoms. The average molecular weight is 327 g/mol. The molecule has 0 radical (unpaired) electrons. The SMILES string of the molecule is CCN1CCN(CCC(=O)N2CCNCC2)CC1.Cl.Cl. The zero-order valence-corrected chi connectivity index (χ0v) is 14.0. The van der Waals surface area contributed by atoms with E-state index in [1.54, 1.807) is 0 Å². The van der Waals surface area contributed by atoms with Crippen LogP contribution in [-0.2, 0) is 4.79 Å². The third-order valence-electron chi connectivity index (χ3n) is 4.02. The molecule has 0 aromatic carbocycles. The van der Waals surface area contributed by atoms with Crippen LogP contribution in [0.4, 0.5) is 0 Å². The molecule has 1 N–H and O–H groups in total. The van der Waals surface area contributed by atoms with E-state index in [9.17, 15) is 4.79 Å². The molecule has 1 amide bonds. The Morgan fingerprint density at radius 1 is 0.950 bits per heavy atom. The van der Waals surface area contributed by atoms with Crippen LogP contribution in [-0.4, -0.2) is 86.1 Å². The Morgan fingerprint density at radius 3 is 2.05 bits per heavy atom. The second-order valence-electron chi connectivity index (χ2n) is 5.16. The topological polar surface area (TPSA) is 38.8 Å². The van der Waals surface area contributed by atoms with Gasteiger partial charge in [-0.3, -0.25) is 4.79 Å². The van der Waals surface area contributed by atoms with Crippen LogP contribution in [0.3, 0.4) is 0 Å².